The predicted molar refractivity (Wildman–Crippen MR) is 124 cm³/mol. The molecule has 0 saturated carbocycles. The Balaban J connectivity index is 0.000000636. The highest BCUT2D eigenvalue weighted by molar-refractivity contribution is 7.60. The number of carbonyl (C=O) groups excluding carboxylic acids is 2. The molecule has 10 heteroatoms. The Morgan fingerprint density at radius 2 is 2.03 bits per heavy atom. The van der Waals surface area contributed by atoms with Crippen LogP contribution in [0.3, 0.4) is 0 Å². The molecule has 3 saturated heterocycles. The van der Waals surface area contributed by atoms with Crippen molar-refractivity contribution in [2.75, 3.05) is 19.6 Å². The van der Waals surface area contributed by atoms with Gasteiger partial charge in [0.15, 0.2) is 0 Å². The number of carbonyl (C=O) groups is 2. The molecule has 182 valence electrons. The van der Waals surface area contributed by atoms with Crippen molar-refractivity contribution < 1.29 is 18.0 Å². The van der Waals surface area contributed by atoms with Crippen molar-refractivity contribution in [1.29, 1.82) is 10.0 Å². The van der Waals surface area contributed by atoms with Crippen molar-refractivity contribution in [3.8, 4) is 6.07 Å². The van der Waals surface area contributed by atoms with Crippen molar-refractivity contribution in [2.24, 2.45) is 5.92 Å². The highest BCUT2D eigenvalue weighted by Gasteiger charge is 2.53. The molecule has 1 aliphatic carbocycles. The Morgan fingerprint density at radius 3 is 2.71 bits per heavy atom. The van der Waals surface area contributed by atoms with Gasteiger partial charge in [-0.25, -0.2) is 0 Å². The zero-order valence-corrected chi connectivity index (χ0v) is 20.4. The maximum atomic E-state index is 13.3. The van der Waals surface area contributed by atoms with E-state index in [4.69, 9.17) is 13.2 Å². The normalized spacial score (nSPS) is 28.3. The van der Waals surface area contributed by atoms with E-state index in [0.717, 1.165) is 38.6 Å². The number of piperazine rings is 1. The van der Waals surface area contributed by atoms with Gasteiger partial charge in [0, 0.05) is 31.6 Å². The van der Waals surface area contributed by atoms with E-state index in [1.54, 1.807) is 4.90 Å². The van der Waals surface area contributed by atoms with E-state index < -0.39 is 10.5 Å². The van der Waals surface area contributed by atoms with Crippen molar-refractivity contribution >= 4 is 22.3 Å². The maximum Gasteiger partial charge on any atom is 0.308 e. The van der Waals surface area contributed by atoms with Gasteiger partial charge in [-0.2, -0.15) is 18.5 Å². The van der Waals surface area contributed by atoms with E-state index in [9.17, 15) is 14.9 Å². The second-order valence-electron chi connectivity index (χ2n) is 9.82. The van der Waals surface area contributed by atoms with Crippen LogP contribution in [0.15, 0.2) is 18.2 Å². The summed E-state index contributed by atoms with van der Waals surface area (Å²) in [6.07, 6.45) is 4.63. The summed E-state index contributed by atoms with van der Waals surface area (Å²) in [6.45, 7) is 6.21. The van der Waals surface area contributed by atoms with Gasteiger partial charge in [0.05, 0.1) is 18.2 Å². The monoisotopic (exact) mass is 485 g/mol. The van der Waals surface area contributed by atoms with Gasteiger partial charge in [-0.1, -0.05) is 30.7 Å². The lowest BCUT2D eigenvalue weighted by atomic mass is 10.0. The minimum atomic E-state index is -2.61. The van der Waals surface area contributed by atoms with Gasteiger partial charge in [-0.15, -0.1) is 0 Å². The molecular formula is C24H31N5O4S. The van der Waals surface area contributed by atoms with Crippen LogP contribution in [0.1, 0.15) is 55.3 Å². The third-order valence-corrected chi connectivity index (χ3v) is 7.61. The van der Waals surface area contributed by atoms with Crippen LogP contribution in [0.2, 0.25) is 0 Å². The molecule has 3 fully saturated rings. The molecule has 1 aromatic carbocycles. The zero-order chi connectivity index (χ0) is 24.6. The van der Waals surface area contributed by atoms with Crippen molar-refractivity contribution in [3.05, 3.63) is 34.9 Å². The molecule has 34 heavy (non-hydrogen) atoms. The number of hydrogen-bond acceptors (Lipinski definition) is 7. The first-order chi connectivity index (χ1) is 16.2. The fourth-order valence-electron chi connectivity index (χ4n) is 6.19. The first-order valence-electron chi connectivity index (χ1n) is 11.9. The van der Waals surface area contributed by atoms with Gasteiger partial charge >= 0.3 is 10.5 Å². The Morgan fingerprint density at radius 1 is 1.29 bits per heavy atom. The van der Waals surface area contributed by atoms with E-state index >= 15 is 0 Å². The summed E-state index contributed by atoms with van der Waals surface area (Å²) in [4.78, 5) is 32.3. The van der Waals surface area contributed by atoms with E-state index in [1.807, 2.05) is 6.92 Å². The van der Waals surface area contributed by atoms with Crippen LogP contribution >= 0.6 is 0 Å². The smallest absolute Gasteiger partial charge is 0.308 e. The summed E-state index contributed by atoms with van der Waals surface area (Å²) >= 11 is 0. The molecule has 1 N–H and O–H groups in total. The van der Waals surface area contributed by atoms with Crippen LogP contribution in [-0.2, 0) is 26.5 Å². The van der Waals surface area contributed by atoms with Crippen molar-refractivity contribution in [1.82, 2.24) is 14.7 Å². The second-order valence-corrected chi connectivity index (χ2v) is 10.3. The van der Waals surface area contributed by atoms with Crippen molar-refractivity contribution in [3.63, 3.8) is 0 Å². The van der Waals surface area contributed by atoms with Gasteiger partial charge in [0.1, 0.15) is 6.04 Å². The first kappa shape index (κ1) is 24.4. The average Bonchev–Trinajstić information content (AvgIpc) is 3.55. The number of rotatable bonds is 4. The summed E-state index contributed by atoms with van der Waals surface area (Å²) in [5.41, 5.74) is 4.00. The summed E-state index contributed by atoms with van der Waals surface area (Å²) < 4.78 is 22.8. The molecule has 2 amide bonds. The van der Waals surface area contributed by atoms with Crippen LogP contribution in [0.25, 0.3) is 0 Å². The molecule has 0 spiro atoms. The van der Waals surface area contributed by atoms with Gasteiger partial charge in [0.25, 0.3) is 0 Å². The summed E-state index contributed by atoms with van der Waals surface area (Å²) in [6, 6.07) is 8.98. The molecule has 3 heterocycles. The van der Waals surface area contributed by atoms with Gasteiger partial charge in [0.2, 0.25) is 11.8 Å². The van der Waals surface area contributed by atoms with Crippen molar-refractivity contribution in [2.45, 2.75) is 70.1 Å². The largest absolute Gasteiger partial charge is 0.330 e. The molecule has 2 bridgehead atoms. The second kappa shape index (κ2) is 9.84. The van der Waals surface area contributed by atoms with Crippen LogP contribution in [0.5, 0.6) is 0 Å². The molecule has 0 radical (unpaired) electrons. The van der Waals surface area contributed by atoms with Crippen LogP contribution < -0.4 is 0 Å². The third-order valence-electron chi connectivity index (χ3n) is 7.61. The number of hydrogen-bond donors (Lipinski definition) is 1. The SMILES string of the molecule is Cc1ccc2c(c1)CC[C@H]2N1C(=O)[C@@H]2C[C@H]1CN2C[C@H](C)C(=O)N1CCC[C@H]1C#N.N=S(=O)=O. The molecular weight excluding hydrogens is 454 g/mol. The van der Waals surface area contributed by atoms with E-state index in [0.29, 0.717) is 13.1 Å². The fourth-order valence-corrected chi connectivity index (χ4v) is 6.19. The lowest BCUT2D eigenvalue weighted by molar-refractivity contribution is -0.142. The Bertz CT molecular complexity index is 1120. The standard InChI is InChI=1S/C24H30N4O2.HNO2S/c1-15-5-7-20-17(10-15)6-8-21(20)28-19-11-22(24(28)30)26(14-19)13-16(2)23(29)27-9-3-4-18(27)12-25;1-4(2)3/h5,7,10,16,18-19,21-22H,3-4,6,8-9,11,13-14H2,1-2H3;1H/t16-,18-,19-,21+,22-;/m0./s1. The number of benzene rings is 1. The number of aryl methyl sites for hydroxylation is 2. The summed E-state index contributed by atoms with van der Waals surface area (Å²) in [5, 5.41) is 9.29. The minimum absolute atomic E-state index is 0.0613. The number of nitriles is 1. The van der Waals surface area contributed by atoms with Crippen LogP contribution in [0.4, 0.5) is 0 Å². The van der Waals surface area contributed by atoms with Gasteiger partial charge < -0.3 is 9.80 Å². The Labute approximate surface area is 201 Å². The van der Waals surface area contributed by atoms with Crippen LogP contribution in [0, 0.1) is 29.0 Å². The zero-order valence-electron chi connectivity index (χ0n) is 19.6. The van der Waals surface area contributed by atoms with E-state index in [1.165, 1.54) is 16.7 Å². The van der Waals surface area contributed by atoms with E-state index in [-0.39, 0.29) is 41.9 Å². The van der Waals surface area contributed by atoms with Gasteiger partial charge in [-0.05, 0) is 50.2 Å². The quantitative estimate of drug-likeness (QED) is 0.696. The number of amides is 2. The fraction of sp³-hybridized carbons (Fsp3) is 0.625. The molecule has 5 atom stereocenters. The first-order valence-corrected chi connectivity index (χ1v) is 12.9. The number of fused-ring (bicyclic) bond motifs is 3. The molecule has 3 aliphatic heterocycles. The van der Waals surface area contributed by atoms with Crippen LogP contribution in [-0.4, -0.2) is 72.7 Å². The lowest BCUT2D eigenvalue weighted by Gasteiger charge is -2.38. The summed E-state index contributed by atoms with van der Waals surface area (Å²) in [7, 11) is -2.61. The Kier molecular flexibility index (Phi) is 7.05. The molecule has 4 aliphatic rings. The maximum absolute atomic E-state index is 13.3. The molecule has 0 unspecified atom stereocenters. The minimum Gasteiger partial charge on any atom is -0.330 e. The van der Waals surface area contributed by atoms with E-state index in [2.05, 4.69) is 41.0 Å². The predicted octanol–water partition coefficient (Wildman–Crippen LogP) is 2.05. The number of likely N-dealkylation sites (tertiary alicyclic amines) is 3. The number of nitrogens with one attached hydrogen (secondary N) is 1. The topological polar surface area (TPSA) is 126 Å². The average molecular weight is 486 g/mol. The molecule has 5 rings (SSSR count). The molecule has 0 aromatic heterocycles. The lowest BCUT2D eigenvalue weighted by Crippen LogP contribution is -2.53. The van der Waals surface area contributed by atoms with Gasteiger partial charge in [-0.3, -0.25) is 14.5 Å². The molecule has 1 aromatic rings. The molecule has 9 nitrogen and oxygen atoms in total. The number of nitrogens with zero attached hydrogens (tertiary/aromatic N) is 4. The third kappa shape index (κ3) is 4.59. The summed E-state index contributed by atoms with van der Waals surface area (Å²) in [5.74, 6) is 0.112. The Hall–Kier alpha value is -2.77. The highest BCUT2D eigenvalue weighted by Crippen LogP contribution is 2.44. The highest BCUT2D eigenvalue weighted by atomic mass is 32.2.